The fraction of sp³-hybridized carbons (Fsp3) is 0.583. The van der Waals surface area contributed by atoms with Crippen molar-refractivity contribution >= 4 is 5.82 Å². The van der Waals surface area contributed by atoms with Gasteiger partial charge in [0.2, 0.25) is 0 Å². The minimum atomic E-state index is -0.312. The first-order valence-corrected chi connectivity index (χ1v) is 5.76. The molecule has 2 rings (SSSR count). The Bertz CT molecular complexity index is 409. The quantitative estimate of drug-likeness (QED) is 0.845. The van der Waals surface area contributed by atoms with E-state index in [1.165, 1.54) is 0 Å². The van der Waals surface area contributed by atoms with Gasteiger partial charge in [-0.2, -0.15) is 0 Å². The van der Waals surface area contributed by atoms with Crippen LogP contribution in [0.25, 0.3) is 0 Å². The van der Waals surface area contributed by atoms with Crippen molar-refractivity contribution in [3.8, 4) is 0 Å². The Morgan fingerprint density at radius 1 is 1.59 bits per heavy atom. The van der Waals surface area contributed by atoms with Gasteiger partial charge in [-0.25, -0.2) is 9.37 Å². The highest BCUT2D eigenvalue weighted by molar-refractivity contribution is 5.44. The molecule has 2 N–H and O–H groups in total. The molecule has 0 unspecified atom stereocenters. The molecule has 17 heavy (non-hydrogen) atoms. The molecule has 0 bridgehead atoms. The summed E-state index contributed by atoms with van der Waals surface area (Å²) in [5.74, 6) is 0.0667. The van der Waals surface area contributed by atoms with Crippen LogP contribution < -0.4 is 10.6 Å². The van der Waals surface area contributed by atoms with Gasteiger partial charge in [0, 0.05) is 31.4 Å². The van der Waals surface area contributed by atoms with Crippen LogP contribution in [0.4, 0.5) is 10.2 Å². The zero-order valence-electron chi connectivity index (χ0n) is 10.2. The van der Waals surface area contributed by atoms with Gasteiger partial charge in [0.15, 0.2) is 11.6 Å². The van der Waals surface area contributed by atoms with Crippen LogP contribution in [0.15, 0.2) is 12.3 Å². The average molecular weight is 239 g/mol. The summed E-state index contributed by atoms with van der Waals surface area (Å²) in [4.78, 5) is 6.03. The summed E-state index contributed by atoms with van der Waals surface area (Å²) in [6.45, 7) is 6.04. The molecule has 1 aliphatic rings. The highest BCUT2D eigenvalue weighted by atomic mass is 19.1. The highest BCUT2D eigenvalue weighted by Crippen LogP contribution is 2.24. The van der Waals surface area contributed by atoms with Crippen molar-refractivity contribution in [3.63, 3.8) is 0 Å². The maximum absolute atomic E-state index is 14.1. The molecular weight excluding hydrogens is 221 g/mol. The van der Waals surface area contributed by atoms with Gasteiger partial charge < -0.3 is 15.4 Å². The fourth-order valence-electron chi connectivity index (χ4n) is 2.05. The van der Waals surface area contributed by atoms with Crippen molar-refractivity contribution in [2.75, 3.05) is 24.6 Å². The number of anilines is 1. The number of hydrogen-bond acceptors (Lipinski definition) is 4. The molecule has 0 spiro atoms. The molecule has 0 amide bonds. The first-order valence-electron chi connectivity index (χ1n) is 5.76. The molecule has 5 heteroatoms. The van der Waals surface area contributed by atoms with Crippen LogP contribution in [-0.4, -0.2) is 30.3 Å². The maximum atomic E-state index is 14.1. The molecule has 4 nitrogen and oxygen atoms in total. The Hall–Kier alpha value is -1.20. The highest BCUT2D eigenvalue weighted by Gasteiger charge is 2.29. The van der Waals surface area contributed by atoms with E-state index in [1.807, 2.05) is 18.7 Å². The number of nitrogens with two attached hydrogens (primary N) is 1. The lowest BCUT2D eigenvalue weighted by Gasteiger charge is -2.38. The van der Waals surface area contributed by atoms with E-state index in [2.05, 4.69) is 4.98 Å². The molecule has 1 fully saturated rings. The third kappa shape index (κ3) is 2.56. The lowest BCUT2D eigenvalue weighted by atomic mass is 10.1. The molecule has 1 aliphatic heterocycles. The number of rotatable bonds is 2. The molecular formula is C12H18FN3O. The maximum Gasteiger partial charge on any atom is 0.170 e. The van der Waals surface area contributed by atoms with Crippen molar-refractivity contribution < 1.29 is 9.13 Å². The molecule has 1 aromatic heterocycles. The average Bonchev–Trinajstić information content (AvgIpc) is 2.28. The number of hydrogen-bond donors (Lipinski definition) is 1. The molecule has 0 aliphatic carbocycles. The zero-order chi connectivity index (χ0) is 12.5. The first kappa shape index (κ1) is 12.3. The predicted molar refractivity (Wildman–Crippen MR) is 64.3 cm³/mol. The molecule has 1 aromatic rings. The van der Waals surface area contributed by atoms with E-state index in [0.717, 1.165) is 0 Å². The molecule has 0 radical (unpaired) electrons. The summed E-state index contributed by atoms with van der Waals surface area (Å²) >= 11 is 0. The zero-order valence-corrected chi connectivity index (χ0v) is 10.2. The number of aromatic nitrogens is 1. The number of halogens is 1. The summed E-state index contributed by atoms with van der Waals surface area (Å²) in [5, 5.41) is 0. The largest absolute Gasteiger partial charge is 0.372 e. The molecule has 0 saturated carbocycles. The van der Waals surface area contributed by atoms with Gasteiger partial charge in [-0.3, -0.25) is 0 Å². The van der Waals surface area contributed by atoms with Gasteiger partial charge in [-0.15, -0.1) is 0 Å². The van der Waals surface area contributed by atoms with Gasteiger partial charge in [0.1, 0.15) is 0 Å². The second-order valence-corrected chi connectivity index (χ2v) is 4.84. The fourth-order valence-corrected chi connectivity index (χ4v) is 2.05. The van der Waals surface area contributed by atoms with Gasteiger partial charge >= 0.3 is 0 Å². The van der Waals surface area contributed by atoms with Gasteiger partial charge in [-0.05, 0) is 19.9 Å². The van der Waals surface area contributed by atoms with Crippen molar-refractivity contribution in [2.24, 2.45) is 5.73 Å². The number of pyridine rings is 1. The van der Waals surface area contributed by atoms with Crippen LogP contribution in [-0.2, 0) is 11.3 Å². The van der Waals surface area contributed by atoms with Gasteiger partial charge in [-0.1, -0.05) is 0 Å². The van der Waals surface area contributed by atoms with E-state index >= 15 is 0 Å². The molecule has 2 heterocycles. The summed E-state index contributed by atoms with van der Waals surface area (Å²) < 4.78 is 19.7. The van der Waals surface area contributed by atoms with Crippen LogP contribution >= 0.6 is 0 Å². The Balaban J connectivity index is 2.28. The normalized spacial score (nSPS) is 19.4. The van der Waals surface area contributed by atoms with Crippen LogP contribution in [0.5, 0.6) is 0 Å². The van der Waals surface area contributed by atoms with Crippen molar-refractivity contribution in [3.05, 3.63) is 23.6 Å². The van der Waals surface area contributed by atoms with E-state index < -0.39 is 0 Å². The first-order chi connectivity index (χ1) is 8.03. The second-order valence-electron chi connectivity index (χ2n) is 4.84. The third-order valence-corrected chi connectivity index (χ3v) is 2.90. The summed E-state index contributed by atoms with van der Waals surface area (Å²) in [7, 11) is 0. The standard InChI is InChI=1S/C12H18FN3O/c1-12(2)8-16(5-6-17-12)11-10(13)9(7-14)3-4-15-11/h3-4H,5-8,14H2,1-2H3. The molecule has 94 valence electrons. The lowest BCUT2D eigenvalue weighted by Crippen LogP contribution is -2.49. The SMILES string of the molecule is CC1(C)CN(c2nccc(CN)c2F)CCO1. The topological polar surface area (TPSA) is 51.4 Å². The van der Waals surface area contributed by atoms with Crippen LogP contribution in [0.3, 0.4) is 0 Å². The van der Waals surface area contributed by atoms with E-state index in [0.29, 0.717) is 31.1 Å². The number of morpholine rings is 1. The molecule has 0 atom stereocenters. The van der Waals surface area contributed by atoms with Crippen molar-refractivity contribution in [2.45, 2.75) is 26.0 Å². The Morgan fingerprint density at radius 2 is 2.35 bits per heavy atom. The number of nitrogens with zero attached hydrogens (tertiary/aromatic N) is 2. The van der Waals surface area contributed by atoms with E-state index in [1.54, 1.807) is 12.3 Å². The Morgan fingerprint density at radius 3 is 3.00 bits per heavy atom. The smallest absolute Gasteiger partial charge is 0.170 e. The van der Waals surface area contributed by atoms with Crippen molar-refractivity contribution in [1.29, 1.82) is 0 Å². The molecule has 1 saturated heterocycles. The Labute approximate surface area is 101 Å². The predicted octanol–water partition coefficient (Wildman–Crippen LogP) is 1.29. The minimum Gasteiger partial charge on any atom is -0.372 e. The van der Waals surface area contributed by atoms with E-state index in [-0.39, 0.29) is 18.0 Å². The van der Waals surface area contributed by atoms with Crippen molar-refractivity contribution in [1.82, 2.24) is 4.98 Å². The van der Waals surface area contributed by atoms with E-state index in [9.17, 15) is 4.39 Å². The monoisotopic (exact) mass is 239 g/mol. The summed E-state index contributed by atoms with van der Waals surface area (Å²) in [6, 6.07) is 1.62. The second kappa shape index (κ2) is 4.58. The van der Waals surface area contributed by atoms with Gasteiger partial charge in [0.05, 0.1) is 12.2 Å². The molecule has 0 aromatic carbocycles. The van der Waals surface area contributed by atoms with Crippen LogP contribution in [0.2, 0.25) is 0 Å². The lowest BCUT2D eigenvalue weighted by molar-refractivity contribution is -0.0280. The third-order valence-electron chi connectivity index (χ3n) is 2.90. The van der Waals surface area contributed by atoms with Crippen LogP contribution in [0.1, 0.15) is 19.4 Å². The van der Waals surface area contributed by atoms with Crippen LogP contribution in [0, 0.1) is 5.82 Å². The van der Waals surface area contributed by atoms with E-state index in [4.69, 9.17) is 10.5 Å². The Kier molecular flexibility index (Phi) is 3.31. The van der Waals surface area contributed by atoms with Gasteiger partial charge in [0.25, 0.3) is 0 Å². The number of ether oxygens (including phenoxy) is 1. The summed E-state index contributed by atoms with van der Waals surface area (Å²) in [6.07, 6.45) is 1.60. The summed E-state index contributed by atoms with van der Waals surface area (Å²) in [5.41, 5.74) is 5.72. The minimum absolute atomic E-state index is 0.190.